The van der Waals surface area contributed by atoms with Gasteiger partial charge in [-0.15, -0.1) is 0 Å². The molecule has 0 aromatic carbocycles. The van der Waals surface area contributed by atoms with Gasteiger partial charge in [-0.25, -0.2) is 0 Å². The number of carbonyl (C=O) groups excluding carboxylic acids is 1. The minimum atomic E-state index is 0.202. The summed E-state index contributed by atoms with van der Waals surface area (Å²) < 4.78 is 0. The van der Waals surface area contributed by atoms with E-state index in [4.69, 9.17) is 0 Å². The van der Waals surface area contributed by atoms with E-state index in [-0.39, 0.29) is 5.91 Å². The number of rotatable bonds is 10. The molecule has 0 fully saturated rings. The van der Waals surface area contributed by atoms with Crippen LogP contribution in [-0.2, 0) is 4.79 Å². The molecule has 0 saturated carbocycles. The summed E-state index contributed by atoms with van der Waals surface area (Å²) in [7, 11) is 0. The van der Waals surface area contributed by atoms with Crippen molar-refractivity contribution in [2.45, 2.75) is 78.7 Å². The highest BCUT2D eigenvalue weighted by Crippen LogP contribution is 2.13. The first kappa shape index (κ1) is 17.2. The Morgan fingerprint density at radius 1 is 1.11 bits per heavy atom. The van der Waals surface area contributed by atoms with Crippen molar-refractivity contribution >= 4 is 5.91 Å². The number of carbonyl (C=O) groups is 1. The van der Waals surface area contributed by atoms with Crippen LogP contribution >= 0.6 is 0 Å². The molecule has 106 valence electrons. The van der Waals surface area contributed by atoms with Crippen molar-refractivity contribution in [1.29, 1.82) is 0 Å². The first-order chi connectivity index (χ1) is 8.71. The highest BCUT2D eigenvalue weighted by atomic mass is 16.2. The van der Waals surface area contributed by atoms with Gasteiger partial charge in [0.05, 0.1) is 0 Å². The molecule has 0 heterocycles. The number of nitrogens with zero attached hydrogens (tertiary/aromatic N) is 1. The van der Waals surface area contributed by atoms with Crippen molar-refractivity contribution in [2.24, 2.45) is 0 Å². The topological polar surface area (TPSA) is 20.3 Å². The minimum Gasteiger partial charge on any atom is -0.336 e. The monoisotopic (exact) mass is 253 g/mol. The molecule has 18 heavy (non-hydrogen) atoms. The second kappa shape index (κ2) is 11.3. The van der Waals surface area contributed by atoms with Gasteiger partial charge in [0, 0.05) is 12.6 Å². The van der Waals surface area contributed by atoms with E-state index in [1.807, 2.05) is 6.08 Å². The molecule has 1 unspecified atom stereocenters. The molecular formula is C16H31NO. The van der Waals surface area contributed by atoms with Crippen molar-refractivity contribution in [3.05, 3.63) is 12.2 Å². The van der Waals surface area contributed by atoms with Crippen LogP contribution in [0.2, 0.25) is 0 Å². The standard InChI is InChI=1S/C16H31NO/c1-5-9-11-14-17(15(8-4)12-7-3)16(18)13-10-6-2/h10,13,15H,5-9,11-12,14H2,1-4H3/b13-10+. The quantitative estimate of drug-likeness (QED) is 0.413. The predicted octanol–water partition coefficient (Wildman–Crippen LogP) is 4.55. The molecule has 0 spiro atoms. The summed E-state index contributed by atoms with van der Waals surface area (Å²) >= 11 is 0. The fraction of sp³-hybridized carbons (Fsp3) is 0.812. The second-order valence-corrected chi connectivity index (χ2v) is 4.90. The zero-order valence-electron chi connectivity index (χ0n) is 12.7. The first-order valence-electron chi connectivity index (χ1n) is 7.68. The van der Waals surface area contributed by atoms with Crippen LogP contribution < -0.4 is 0 Å². The highest BCUT2D eigenvalue weighted by molar-refractivity contribution is 5.87. The van der Waals surface area contributed by atoms with Crippen molar-refractivity contribution in [1.82, 2.24) is 4.90 Å². The van der Waals surface area contributed by atoms with Crippen LogP contribution in [0.1, 0.15) is 72.6 Å². The van der Waals surface area contributed by atoms with E-state index in [2.05, 4.69) is 32.6 Å². The summed E-state index contributed by atoms with van der Waals surface area (Å²) in [4.78, 5) is 14.3. The Hall–Kier alpha value is -0.790. The third-order valence-corrected chi connectivity index (χ3v) is 3.32. The maximum absolute atomic E-state index is 12.2. The Balaban J connectivity index is 4.56. The van der Waals surface area contributed by atoms with Crippen LogP contribution in [0.25, 0.3) is 0 Å². The van der Waals surface area contributed by atoms with Crippen LogP contribution in [0.5, 0.6) is 0 Å². The van der Waals surface area contributed by atoms with Crippen molar-refractivity contribution in [2.75, 3.05) is 6.54 Å². The van der Waals surface area contributed by atoms with Crippen LogP contribution in [0, 0.1) is 0 Å². The number of amides is 1. The molecule has 2 nitrogen and oxygen atoms in total. The number of unbranched alkanes of at least 4 members (excludes halogenated alkanes) is 2. The van der Waals surface area contributed by atoms with Crippen LogP contribution in [0.3, 0.4) is 0 Å². The zero-order valence-corrected chi connectivity index (χ0v) is 12.7. The molecule has 0 aliphatic carbocycles. The SMILES string of the molecule is CC/C=C/C(=O)N(CCCCC)C(CC)CCC. The zero-order chi connectivity index (χ0) is 13.8. The third kappa shape index (κ3) is 6.83. The summed E-state index contributed by atoms with van der Waals surface area (Å²) in [6, 6.07) is 0.417. The molecule has 0 aliphatic heterocycles. The van der Waals surface area contributed by atoms with Gasteiger partial charge in [0.2, 0.25) is 5.91 Å². The average molecular weight is 253 g/mol. The van der Waals surface area contributed by atoms with E-state index in [1.54, 1.807) is 6.08 Å². The molecule has 0 aromatic heterocycles. The van der Waals surface area contributed by atoms with Gasteiger partial charge in [-0.1, -0.05) is 53.0 Å². The van der Waals surface area contributed by atoms with Gasteiger partial charge < -0.3 is 4.90 Å². The number of hydrogen-bond acceptors (Lipinski definition) is 1. The molecule has 1 atom stereocenters. The Kier molecular flexibility index (Phi) is 10.8. The predicted molar refractivity (Wildman–Crippen MR) is 79.7 cm³/mol. The highest BCUT2D eigenvalue weighted by Gasteiger charge is 2.19. The third-order valence-electron chi connectivity index (χ3n) is 3.32. The fourth-order valence-corrected chi connectivity index (χ4v) is 2.23. The fourth-order valence-electron chi connectivity index (χ4n) is 2.23. The van der Waals surface area contributed by atoms with Gasteiger partial charge in [-0.2, -0.15) is 0 Å². The van der Waals surface area contributed by atoms with Gasteiger partial charge in [0.15, 0.2) is 0 Å². The molecule has 0 radical (unpaired) electrons. The molecule has 0 aliphatic rings. The van der Waals surface area contributed by atoms with Crippen molar-refractivity contribution < 1.29 is 4.79 Å². The molecule has 2 heteroatoms. The van der Waals surface area contributed by atoms with Gasteiger partial charge in [-0.3, -0.25) is 4.79 Å². The van der Waals surface area contributed by atoms with Gasteiger partial charge in [-0.05, 0) is 31.8 Å². The second-order valence-electron chi connectivity index (χ2n) is 4.90. The number of allylic oxidation sites excluding steroid dienone is 1. The first-order valence-corrected chi connectivity index (χ1v) is 7.68. The van der Waals surface area contributed by atoms with E-state index in [0.29, 0.717) is 6.04 Å². The molecule has 0 N–H and O–H groups in total. The molecule has 0 bridgehead atoms. The Morgan fingerprint density at radius 2 is 1.83 bits per heavy atom. The Morgan fingerprint density at radius 3 is 2.33 bits per heavy atom. The minimum absolute atomic E-state index is 0.202. The van der Waals surface area contributed by atoms with Crippen LogP contribution in [-0.4, -0.2) is 23.4 Å². The summed E-state index contributed by atoms with van der Waals surface area (Å²) in [6.07, 6.45) is 11.5. The Labute approximate surface area is 113 Å². The summed E-state index contributed by atoms with van der Waals surface area (Å²) in [5, 5.41) is 0. The van der Waals surface area contributed by atoms with E-state index in [0.717, 1.165) is 38.6 Å². The van der Waals surface area contributed by atoms with Gasteiger partial charge in [0.1, 0.15) is 0 Å². The smallest absolute Gasteiger partial charge is 0.246 e. The van der Waals surface area contributed by atoms with E-state index >= 15 is 0 Å². The average Bonchev–Trinajstić information content (AvgIpc) is 2.39. The largest absolute Gasteiger partial charge is 0.336 e. The lowest BCUT2D eigenvalue weighted by Crippen LogP contribution is -2.39. The van der Waals surface area contributed by atoms with Gasteiger partial charge >= 0.3 is 0 Å². The van der Waals surface area contributed by atoms with E-state index in [9.17, 15) is 4.79 Å². The maximum atomic E-state index is 12.2. The molecule has 1 amide bonds. The summed E-state index contributed by atoms with van der Waals surface area (Å²) in [5.41, 5.74) is 0. The Bertz CT molecular complexity index is 235. The van der Waals surface area contributed by atoms with Gasteiger partial charge in [0.25, 0.3) is 0 Å². The maximum Gasteiger partial charge on any atom is 0.246 e. The molecule has 0 rings (SSSR count). The summed E-state index contributed by atoms with van der Waals surface area (Å²) in [6.45, 7) is 9.56. The van der Waals surface area contributed by atoms with E-state index < -0.39 is 0 Å². The molecule has 0 saturated heterocycles. The van der Waals surface area contributed by atoms with Crippen LogP contribution in [0.4, 0.5) is 0 Å². The van der Waals surface area contributed by atoms with Crippen LogP contribution in [0.15, 0.2) is 12.2 Å². The lowest BCUT2D eigenvalue weighted by Gasteiger charge is -2.30. The van der Waals surface area contributed by atoms with Crippen molar-refractivity contribution in [3.8, 4) is 0 Å². The molecular weight excluding hydrogens is 222 g/mol. The lowest BCUT2D eigenvalue weighted by molar-refractivity contribution is -0.128. The number of hydrogen-bond donors (Lipinski definition) is 0. The lowest BCUT2D eigenvalue weighted by atomic mass is 10.1. The molecule has 0 aromatic rings. The van der Waals surface area contributed by atoms with E-state index in [1.165, 1.54) is 12.8 Å². The normalized spacial score (nSPS) is 12.9. The summed E-state index contributed by atoms with van der Waals surface area (Å²) in [5.74, 6) is 0.202. The van der Waals surface area contributed by atoms with Crippen molar-refractivity contribution in [3.63, 3.8) is 0 Å².